The summed E-state index contributed by atoms with van der Waals surface area (Å²) >= 11 is 0. The topological polar surface area (TPSA) is 20.3 Å². The molecule has 0 aromatic heterocycles. The van der Waals surface area contributed by atoms with Crippen LogP contribution in [-0.2, 0) is 4.79 Å². The monoisotopic (exact) mass is 305 g/mol. The van der Waals surface area contributed by atoms with Gasteiger partial charge in [0.2, 0.25) is 0 Å². The van der Waals surface area contributed by atoms with Crippen molar-refractivity contribution in [3.8, 4) is 0 Å². The Morgan fingerprint density at radius 1 is 1.18 bits per heavy atom. The van der Waals surface area contributed by atoms with Crippen molar-refractivity contribution in [2.75, 3.05) is 11.4 Å². The molecular weight excluding hydrogens is 270 g/mol. The second-order valence-corrected chi connectivity index (χ2v) is 6.25. The minimum Gasteiger partial charge on any atom is -0.362 e. The zero-order valence-corrected chi connectivity index (χ0v) is 15.9. The molecule has 1 atom stereocenters. The number of benzene rings is 1. The highest BCUT2D eigenvalue weighted by Gasteiger charge is 2.33. The molecule has 0 saturated heterocycles. The van der Waals surface area contributed by atoms with Gasteiger partial charge in [-0.2, -0.15) is 0 Å². The summed E-state index contributed by atoms with van der Waals surface area (Å²) in [4.78, 5) is 15.0. The van der Waals surface area contributed by atoms with Gasteiger partial charge in [-0.25, -0.2) is 0 Å². The first-order chi connectivity index (χ1) is 10.3. The van der Waals surface area contributed by atoms with E-state index in [0.29, 0.717) is 5.78 Å². The zero-order chi connectivity index (χ0) is 17.3. The van der Waals surface area contributed by atoms with Gasteiger partial charge in [0, 0.05) is 17.6 Å². The van der Waals surface area contributed by atoms with Crippen molar-refractivity contribution in [1.82, 2.24) is 0 Å². The first kappa shape index (κ1) is 20.7. The summed E-state index contributed by atoms with van der Waals surface area (Å²) in [6.45, 7) is 17.4. The van der Waals surface area contributed by atoms with Gasteiger partial charge in [0.1, 0.15) is 0 Å². The minimum atomic E-state index is -0.246. The Hall–Kier alpha value is -1.31. The Balaban J connectivity index is 0.00000211. The standard InChI is InChI=1S/C18H29NO.C2H6/c1-7-13-18(5,6)17(20)15(4)19(8-2)16-12-10-9-11-14(16)3;1-2/h9-12,15H,7-8,13H2,1-6H3;1-2H3. The highest BCUT2D eigenvalue weighted by atomic mass is 16.1. The van der Waals surface area contributed by atoms with Crippen molar-refractivity contribution in [1.29, 1.82) is 0 Å². The van der Waals surface area contributed by atoms with Gasteiger partial charge in [0.25, 0.3) is 0 Å². The molecule has 0 saturated carbocycles. The Morgan fingerprint density at radius 2 is 1.73 bits per heavy atom. The second-order valence-electron chi connectivity index (χ2n) is 6.25. The summed E-state index contributed by atoms with van der Waals surface area (Å²) in [5, 5.41) is 0. The number of ketones is 1. The molecule has 1 aromatic rings. The van der Waals surface area contributed by atoms with Crippen LogP contribution in [0.25, 0.3) is 0 Å². The summed E-state index contributed by atoms with van der Waals surface area (Å²) in [6, 6.07) is 8.21. The number of Topliss-reactive ketones (excluding diaryl/α,β-unsaturated/α-hetero) is 1. The normalized spacial score (nSPS) is 12.2. The largest absolute Gasteiger partial charge is 0.362 e. The van der Waals surface area contributed by atoms with Gasteiger partial charge in [-0.15, -0.1) is 0 Å². The Kier molecular flexibility index (Phi) is 9.08. The van der Waals surface area contributed by atoms with E-state index in [1.54, 1.807) is 0 Å². The number of anilines is 1. The summed E-state index contributed by atoms with van der Waals surface area (Å²) < 4.78 is 0. The molecule has 0 amide bonds. The third kappa shape index (κ3) is 5.15. The number of likely N-dealkylation sites (N-methyl/N-ethyl adjacent to an activating group) is 1. The van der Waals surface area contributed by atoms with E-state index in [2.05, 4.69) is 51.7 Å². The summed E-state index contributed by atoms with van der Waals surface area (Å²) in [7, 11) is 0. The van der Waals surface area contributed by atoms with E-state index < -0.39 is 0 Å². The fourth-order valence-electron chi connectivity index (χ4n) is 2.99. The van der Waals surface area contributed by atoms with Crippen LogP contribution in [0.15, 0.2) is 24.3 Å². The summed E-state index contributed by atoms with van der Waals surface area (Å²) in [5.41, 5.74) is 2.15. The van der Waals surface area contributed by atoms with E-state index in [4.69, 9.17) is 0 Å². The number of carbonyl (C=O) groups excluding carboxylic acids is 1. The third-order valence-corrected chi connectivity index (χ3v) is 4.15. The number of nitrogens with zero attached hydrogens (tertiary/aromatic N) is 1. The quantitative estimate of drug-likeness (QED) is 0.650. The zero-order valence-electron chi connectivity index (χ0n) is 15.9. The highest BCUT2D eigenvalue weighted by molar-refractivity contribution is 5.91. The smallest absolute Gasteiger partial charge is 0.160 e. The van der Waals surface area contributed by atoms with Crippen LogP contribution in [0.1, 0.15) is 66.9 Å². The number of para-hydroxylation sites is 1. The second kappa shape index (κ2) is 9.66. The minimum absolute atomic E-state index is 0.0809. The van der Waals surface area contributed by atoms with E-state index in [0.717, 1.165) is 19.4 Å². The van der Waals surface area contributed by atoms with Gasteiger partial charge < -0.3 is 4.90 Å². The van der Waals surface area contributed by atoms with Crippen LogP contribution in [0, 0.1) is 12.3 Å². The summed E-state index contributed by atoms with van der Waals surface area (Å²) in [5.74, 6) is 0.337. The molecule has 0 fully saturated rings. The maximum Gasteiger partial charge on any atom is 0.160 e. The van der Waals surface area contributed by atoms with E-state index in [9.17, 15) is 4.79 Å². The first-order valence-corrected chi connectivity index (χ1v) is 8.71. The SMILES string of the molecule is CC.CCCC(C)(C)C(=O)C(C)N(CC)c1ccccc1C. The Labute approximate surface area is 137 Å². The van der Waals surface area contributed by atoms with Crippen molar-refractivity contribution >= 4 is 11.5 Å². The Morgan fingerprint density at radius 3 is 2.18 bits per heavy atom. The van der Waals surface area contributed by atoms with Gasteiger partial charge in [0.05, 0.1) is 6.04 Å². The maximum atomic E-state index is 12.8. The van der Waals surface area contributed by atoms with Crippen molar-refractivity contribution in [3.05, 3.63) is 29.8 Å². The lowest BCUT2D eigenvalue weighted by atomic mass is 9.80. The van der Waals surface area contributed by atoms with Crippen molar-refractivity contribution in [2.24, 2.45) is 5.41 Å². The van der Waals surface area contributed by atoms with Crippen LogP contribution in [0.2, 0.25) is 0 Å². The summed E-state index contributed by atoms with van der Waals surface area (Å²) in [6.07, 6.45) is 1.99. The van der Waals surface area contributed by atoms with Crippen LogP contribution in [-0.4, -0.2) is 18.4 Å². The lowest BCUT2D eigenvalue weighted by Crippen LogP contribution is -2.45. The van der Waals surface area contributed by atoms with Gasteiger partial charge in [0.15, 0.2) is 5.78 Å². The van der Waals surface area contributed by atoms with Crippen LogP contribution in [0.5, 0.6) is 0 Å². The molecule has 0 aliphatic rings. The molecule has 1 aromatic carbocycles. The van der Waals surface area contributed by atoms with E-state index in [1.165, 1.54) is 11.3 Å². The van der Waals surface area contributed by atoms with Gasteiger partial charge in [-0.3, -0.25) is 4.79 Å². The average molecular weight is 306 g/mol. The molecule has 22 heavy (non-hydrogen) atoms. The number of hydrogen-bond donors (Lipinski definition) is 0. The lowest BCUT2D eigenvalue weighted by Gasteiger charge is -2.35. The molecular formula is C20H35NO. The molecule has 0 N–H and O–H groups in total. The number of carbonyl (C=O) groups is 1. The molecule has 1 rings (SSSR count). The van der Waals surface area contributed by atoms with Gasteiger partial charge in [-0.05, 0) is 38.8 Å². The van der Waals surface area contributed by atoms with E-state index in [1.807, 2.05) is 32.9 Å². The highest BCUT2D eigenvalue weighted by Crippen LogP contribution is 2.29. The fourth-order valence-corrected chi connectivity index (χ4v) is 2.99. The number of rotatable bonds is 7. The Bertz CT molecular complexity index is 451. The molecule has 0 radical (unpaired) electrons. The predicted molar refractivity (Wildman–Crippen MR) is 98.7 cm³/mol. The van der Waals surface area contributed by atoms with Crippen molar-refractivity contribution in [2.45, 2.75) is 74.3 Å². The van der Waals surface area contributed by atoms with Crippen molar-refractivity contribution in [3.63, 3.8) is 0 Å². The van der Waals surface area contributed by atoms with Crippen LogP contribution in [0.4, 0.5) is 5.69 Å². The number of aryl methyl sites for hydroxylation is 1. The molecule has 0 aliphatic heterocycles. The van der Waals surface area contributed by atoms with Crippen LogP contribution in [0.3, 0.4) is 0 Å². The van der Waals surface area contributed by atoms with Gasteiger partial charge >= 0.3 is 0 Å². The molecule has 0 aliphatic carbocycles. The number of hydrogen-bond acceptors (Lipinski definition) is 2. The van der Waals surface area contributed by atoms with Crippen molar-refractivity contribution < 1.29 is 4.79 Å². The molecule has 2 nitrogen and oxygen atoms in total. The van der Waals surface area contributed by atoms with E-state index >= 15 is 0 Å². The molecule has 1 unspecified atom stereocenters. The fraction of sp³-hybridized carbons (Fsp3) is 0.650. The van der Waals surface area contributed by atoms with Crippen LogP contribution >= 0.6 is 0 Å². The maximum absolute atomic E-state index is 12.8. The predicted octanol–water partition coefficient (Wildman–Crippen LogP) is 5.63. The first-order valence-electron chi connectivity index (χ1n) is 8.71. The van der Waals surface area contributed by atoms with E-state index in [-0.39, 0.29) is 11.5 Å². The van der Waals surface area contributed by atoms with Gasteiger partial charge in [-0.1, -0.05) is 59.2 Å². The van der Waals surface area contributed by atoms with Crippen LogP contribution < -0.4 is 4.90 Å². The molecule has 0 bridgehead atoms. The molecule has 0 heterocycles. The molecule has 126 valence electrons. The average Bonchev–Trinajstić information content (AvgIpc) is 2.51. The molecule has 0 spiro atoms. The molecule has 2 heteroatoms. The third-order valence-electron chi connectivity index (χ3n) is 4.15. The lowest BCUT2D eigenvalue weighted by molar-refractivity contribution is -0.128.